The van der Waals surface area contributed by atoms with Crippen LogP contribution in [-0.4, -0.2) is 78.1 Å². The summed E-state index contributed by atoms with van der Waals surface area (Å²) in [6.45, 7) is 7.07. The van der Waals surface area contributed by atoms with Gasteiger partial charge in [-0.15, -0.1) is 0 Å². The van der Waals surface area contributed by atoms with E-state index in [9.17, 15) is 0 Å². The number of aryl methyl sites for hydroxylation is 1. The third kappa shape index (κ3) is 4.72. The topological polar surface area (TPSA) is 129 Å². The standard InChI is InChI=1S/C32H42N8O3/c1-31(2)42-26-23(41-30(27(26)43-31)40-17-36-25-28(33)34-16-35-29(25)40)15-39(4)20-12-18(13-20)6-9-24-37-21-8-7-19(14-22(21)38-24)32(3)10-5-11-32/h7-8,14,16-18,20,23,26-27,30H,5-6,9-13,15H2,1-4H3,(H,37,38)(H2,33,34,35)/t18?,20?,23-,26-,27-,30-/m1/s1. The van der Waals surface area contributed by atoms with Crippen molar-refractivity contribution in [2.75, 3.05) is 19.3 Å². The highest BCUT2D eigenvalue weighted by Crippen LogP contribution is 2.45. The molecule has 0 bridgehead atoms. The first-order valence-corrected chi connectivity index (χ1v) is 15.8. The van der Waals surface area contributed by atoms with Crippen LogP contribution in [0.5, 0.6) is 0 Å². The summed E-state index contributed by atoms with van der Waals surface area (Å²) in [6.07, 6.45) is 10.6. The zero-order chi connectivity index (χ0) is 29.5. The van der Waals surface area contributed by atoms with Crippen LogP contribution in [0.2, 0.25) is 0 Å². The number of imidazole rings is 2. The summed E-state index contributed by atoms with van der Waals surface area (Å²) < 4.78 is 21.2. The Morgan fingerprint density at radius 1 is 1.09 bits per heavy atom. The Bertz CT molecular complexity index is 1650. The van der Waals surface area contributed by atoms with Gasteiger partial charge in [0, 0.05) is 19.0 Å². The number of likely N-dealkylation sites (N-methyl/N-ethyl adjacent to an activating group) is 1. The number of ether oxygens (including phenoxy) is 3. The van der Waals surface area contributed by atoms with Gasteiger partial charge in [-0.05, 0) is 82.0 Å². The van der Waals surface area contributed by atoms with E-state index in [1.807, 2.05) is 18.4 Å². The molecule has 2 aliphatic carbocycles. The third-order valence-electron chi connectivity index (χ3n) is 10.6. The van der Waals surface area contributed by atoms with Crippen molar-refractivity contribution in [1.29, 1.82) is 0 Å². The third-order valence-corrected chi connectivity index (χ3v) is 10.6. The first kappa shape index (κ1) is 27.4. The van der Waals surface area contributed by atoms with Crippen molar-refractivity contribution in [3.05, 3.63) is 42.2 Å². The van der Waals surface area contributed by atoms with Crippen molar-refractivity contribution >= 4 is 28.0 Å². The Kier molecular flexibility index (Phi) is 6.35. The molecule has 2 aliphatic heterocycles. The Balaban J connectivity index is 0.884. The number of rotatable bonds is 8. The molecule has 4 atom stereocenters. The highest BCUT2D eigenvalue weighted by Gasteiger charge is 2.56. The number of H-pyrrole nitrogens is 1. The van der Waals surface area contributed by atoms with Gasteiger partial charge in [-0.25, -0.2) is 19.9 Å². The number of hydrogen-bond donors (Lipinski definition) is 2. The van der Waals surface area contributed by atoms with Crippen LogP contribution in [0, 0.1) is 5.92 Å². The number of fused-ring (bicyclic) bond motifs is 3. The maximum atomic E-state index is 6.62. The van der Waals surface area contributed by atoms with Crippen LogP contribution in [0.15, 0.2) is 30.9 Å². The lowest BCUT2D eigenvalue weighted by Crippen LogP contribution is -2.48. The number of aromatic amines is 1. The van der Waals surface area contributed by atoms with E-state index in [1.54, 1.807) is 6.33 Å². The van der Waals surface area contributed by atoms with E-state index in [-0.39, 0.29) is 18.3 Å². The van der Waals surface area contributed by atoms with Crippen molar-refractivity contribution < 1.29 is 14.2 Å². The van der Waals surface area contributed by atoms with E-state index in [0.29, 0.717) is 34.4 Å². The van der Waals surface area contributed by atoms with E-state index in [2.05, 4.69) is 57.0 Å². The lowest BCUT2D eigenvalue weighted by molar-refractivity contribution is -0.198. The fourth-order valence-corrected chi connectivity index (χ4v) is 7.71. The molecule has 228 valence electrons. The molecule has 1 aromatic carbocycles. The first-order valence-electron chi connectivity index (χ1n) is 15.8. The lowest BCUT2D eigenvalue weighted by atomic mass is 9.66. The summed E-state index contributed by atoms with van der Waals surface area (Å²) in [7, 11) is 2.20. The van der Waals surface area contributed by atoms with Gasteiger partial charge < -0.3 is 29.8 Å². The molecule has 3 N–H and O–H groups in total. The Morgan fingerprint density at radius 2 is 1.91 bits per heavy atom. The van der Waals surface area contributed by atoms with Crippen LogP contribution in [0.4, 0.5) is 5.82 Å². The molecule has 43 heavy (non-hydrogen) atoms. The Labute approximate surface area is 251 Å². The zero-order valence-electron chi connectivity index (χ0n) is 25.5. The van der Waals surface area contributed by atoms with E-state index >= 15 is 0 Å². The van der Waals surface area contributed by atoms with Crippen molar-refractivity contribution in [2.45, 2.75) is 108 Å². The Morgan fingerprint density at radius 3 is 2.70 bits per heavy atom. The van der Waals surface area contributed by atoms with E-state index in [4.69, 9.17) is 24.9 Å². The van der Waals surface area contributed by atoms with Gasteiger partial charge >= 0.3 is 0 Å². The molecule has 2 saturated carbocycles. The van der Waals surface area contributed by atoms with Gasteiger partial charge in [0.2, 0.25) is 0 Å². The maximum Gasteiger partial charge on any atom is 0.167 e. The van der Waals surface area contributed by atoms with Crippen LogP contribution in [-0.2, 0) is 26.0 Å². The van der Waals surface area contributed by atoms with Crippen molar-refractivity contribution in [3.63, 3.8) is 0 Å². The molecule has 0 amide bonds. The van der Waals surface area contributed by atoms with Crippen molar-refractivity contribution in [2.24, 2.45) is 5.92 Å². The van der Waals surface area contributed by atoms with Gasteiger partial charge in [0.25, 0.3) is 0 Å². The summed E-state index contributed by atoms with van der Waals surface area (Å²) in [6, 6.07) is 7.34. The van der Waals surface area contributed by atoms with E-state index in [1.165, 1.54) is 49.5 Å². The molecular weight excluding hydrogens is 544 g/mol. The summed E-state index contributed by atoms with van der Waals surface area (Å²) in [5.41, 5.74) is 11.3. The lowest BCUT2D eigenvalue weighted by Gasteiger charge is -2.42. The second-order valence-corrected chi connectivity index (χ2v) is 14.0. The molecule has 3 aromatic heterocycles. The highest BCUT2D eigenvalue weighted by molar-refractivity contribution is 5.81. The summed E-state index contributed by atoms with van der Waals surface area (Å²) >= 11 is 0. The fourth-order valence-electron chi connectivity index (χ4n) is 7.71. The summed E-state index contributed by atoms with van der Waals surface area (Å²) in [4.78, 5) is 23.9. The highest BCUT2D eigenvalue weighted by atomic mass is 16.8. The number of nitrogen functional groups attached to an aromatic ring is 1. The average molecular weight is 587 g/mol. The molecule has 0 unspecified atom stereocenters. The SMILES string of the molecule is CN(C[C@H]1O[C@@H](n2cnc3c(N)ncnc32)[C@@H]2OC(C)(C)O[C@@H]21)C1CC(CCc2nc3ccc(C4(C)CCC4)cc3[nH]2)C1. The van der Waals surface area contributed by atoms with Gasteiger partial charge in [0.05, 0.1) is 17.4 Å². The van der Waals surface area contributed by atoms with Crippen LogP contribution < -0.4 is 5.73 Å². The number of nitrogens with zero attached hydrogens (tertiary/aromatic N) is 6. The molecule has 11 nitrogen and oxygen atoms in total. The normalized spacial score (nSPS) is 31.0. The predicted octanol–water partition coefficient (Wildman–Crippen LogP) is 4.49. The summed E-state index contributed by atoms with van der Waals surface area (Å²) in [5, 5.41) is 0. The second kappa shape index (κ2) is 9.95. The Hall–Kier alpha value is -3.12. The predicted molar refractivity (Wildman–Crippen MR) is 162 cm³/mol. The monoisotopic (exact) mass is 586 g/mol. The number of aromatic nitrogens is 6. The smallest absolute Gasteiger partial charge is 0.167 e. The van der Waals surface area contributed by atoms with E-state index in [0.717, 1.165) is 30.7 Å². The average Bonchev–Trinajstić information content (AvgIpc) is 3.68. The molecule has 5 heterocycles. The van der Waals surface area contributed by atoms with Gasteiger partial charge in [-0.3, -0.25) is 4.57 Å². The number of nitrogens with two attached hydrogens (primary N) is 1. The quantitative estimate of drug-likeness (QED) is 0.307. The van der Waals surface area contributed by atoms with Gasteiger partial charge in [-0.1, -0.05) is 19.4 Å². The molecule has 4 fully saturated rings. The molecule has 11 heteroatoms. The van der Waals surface area contributed by atoms with Gasteiger partial charge in [0.15, 0.2) is 23.5 Å². The molecular formula is C32H42N8O3. The molecule has 4 aliphatic rings. The van der Waals surface area contributed by atoms with Crippen LogP contribution in [0.1, 0.15) is 76.9 Å². The fraction of sp³-hybridized carbons (Fsp3) is 0.625. The molecule has 0 spiro atoms. The summed E-state index contributed by atoms with van der Waals surface area (Å²) in [5.74, 6) is 1.49. The molecule has 8 rings (SSSR count). The second-order valence-electron chi connectivity index (χ2n) is 14.0. The van der Waals surface area contributed by atoms with Crippen molar-refractivity contribution in [1.82, 2.24) is 34.4 Å². The maximum absolute atomic E-state index is 6.62. The minimum Gasteiger partial charge on any atom is -0.382 e. The van der Waals surface area contributed by atoms with Crippen LogP contribution in [0.3, 0.4) is 0 Å². The van der Waals surface area contributed by atoms with E-state index < -0.39 is 12.0 Å². The molecule has 4 aromatic rings. The van der Waals surface area contributed by atoms with Gasteiger partial charge in [-0.2, -0.15) is 0 Å². The molecule has 2 saturated heterocycles. The van der Waals surface area contributed by atoms with Crippen LogP contribution in [0.25, 0.3) is 22.2 Å². The minimum atomic E-state index is -0.687. The van der Waals surface area contributed by atoms with Crippen LogP contribution >= 0.6 is 0 Å². The number of anilines is 1. The zero-order valence-corrected chi connectivity index (χ0v) is 25.5. The first-order chi connectivity index (χ1) is 20.7. The number of nitrogens with one attached hydrogen (secondary N) is 1. The largest absolute Gasteiger partial charge is 0.382 e. The number of benzene rings is 1. The van der Waals surface area contributed by atoms with Gasteiger partial charge in [0.1, 0.15) is 36.0 Å². The molecule has 0 radical (unpaired) electrons. The number of hydrogen-bond acceptors (Lipinski definition) is 9. The van der Waals surface area contributed by atoms with Crippen molar-refractivity contribution in [3.8, 4) is 0 Å². The minimum absolute atomic E-state index is 0.139.